The average molecular weight is 225 g/mol. The number of aromatic nitrogens is 2. The second-order valence-electron chi connectivity index (χ2n) is 4.36. The number of thioether (sulfide) groups is 1. The summed E-state index contributed by atoms with van der Waals surface area (Å²) in [6.07, 6.45) is 0. The molecule has 0 fully saturated rings. The fourth-order valence-corrected chi connectivity index (χ4v) is 3.21. The Morgan fingerprint density at radius 3 is 2.93 bits per heavy atom. The molecule has 1 atom stereocenters. The van der Waals surface area contributed by atoms with Gasteiger partial charge in [0.2, 0.25) is 0 Å². The maximum atomic E-state index is 4.54. The van der Waals surface area contributed by atoms with Crippen molar-refractivity contribution in [2.24, 2.45) is 5.92 Å². The Balaban J connectivity index is 2.31. The van der Waals surface area contributed by atoms with Gasteiger partial charge in [0.05, 0.1) is 11.4 Å². The molecule has 2 heterocycles. The van der Waals surface area contributed by atoms with Crippen molar-refractivity contribution in [1.82, 2.24) is 9.78 Å². The van der Waals surface area contributed by atoms with Crippen LogP contribution in [0.5, 0.6) is 0 Å². The van der Waals surface area contributed by atoms with Gasteiger partial charge in [-0.2, -0.15) is 5.10 Å². The van der Waals surface area contributed by atoms with Gasteiger partial charge < -0.3 is 5.32 Å². The normalized spacial score (nSPS) is 20.2. The van der Waals surface area contributed by atoms with Crippen LogP contribution in [-0.4, -0.2) is 21.6 Å². The molecule has 0 saturated heterocycles. The van der Waals surface area contributed by atoms with Gasteiger partial charge in [-0.1, -0.05) is 25.6 Å². The summed E-state index contributed by atoms with van der Waals surface area (Å²) < 4.78 is 2.11. The first kappa shape index (κ1) is 10.9. The van der Waals surface area contributed by atoms with Crippen LogP contribution in [0.25, 0.3) is 0 Å². The number of nitrogens with zero attached hydrogens (tertiary/aromatic N) is 2. The Bertz CT molecular complexity index is 357. The van der Waals surface area contributed by atoms with Gasteiger partial charge in [-0.3, -0.25) is 4.68 Å². The Morgan fingerprint density at radius 1 is 1.60 bits per heavy atom. The quantitative estimate of drug-likeness (QED) is 0.839. The van der Waals surface area contributed by atoms with Crippen LogP contribution in [0.1, 0.15) is 26.5 Å². The molecule has 3 nitrogen and oxygen atoms in total. The van der Waals surface area contributed by atoms with Gasteiger partial charge in [-0.25, -0.2) is 0 Å². The van der Waals surface area contributed by atoms with E-state index in [0.717, 1.165) is 18.8 Å². The third kappa shape index (κ3) is 1.87. The fourth-order valence-electron chi connectivity index (χ4n) is 1.86. The number of hydrogen-bond acceptors (Lipinski definition) is 3. The molecule has 0 bridgehead atoms. The highest BCUT2D eigenvalue weighted by Gasteiger charge is 2.26. The van der Waals surface area contributed by atoms with Crippen LogP contribution in [0.2, 0.25) is 0 Å². The standard InChI is InChI=1S/C11H19N3S/c1-5-14-11-10(8(4)13-14)12-6-9(15-11)7(2)3/h7,9,12H,5-6H2,1-4H3. The fraction of sp³-hybridized carbons (Fsp3) is 0.727. The van der Waals surface area contributed by atoms with Crippen molar-refractivity contribution < 1.29 is 0 Å². The average Bonchev–Trinajstić information content (AvgIpc) is 2.55. The molecule has 4 heteroatoms. The van der Waals surface area contributed by atoms with Crippen LogP contribution in [-0.2, 0) is 6.54 Å². The van der Waals surface area contributed by atoms with Gasteiger partial charge in [0, 0.05) is 18.3 Å². The predicted molar refractivity (Wildman–Crippen MR) is 65.6 cm³/mol. The largest absolute Gasteiger partial charge is 0.380 e. The molecule has 0 aromatic carbocycles. The van der Waals surface area contributed by atoms with E-state index >= 15 is 0 Å². The topological polar surface area (TPSA) is 29.9 Å². The van der Waals surface area contributed by atoms with Crippen molar-refractivity contribution >= 4 is 17.4 Å². The third-order valence-electron chi connectivity index (χ3n) is 2.87. The summed E-state index contributed by atoms with van der Waals surface area (Å²) in [6.45, 7) is 10.8. The highest BCUT2D eigenvalue weighted by atomic mass is 32.2. The Morgan fingerprint density at radius 2 is 2.33 bits per heavy atom. The second-order valence-corrected chi connectivity index (χ2v) is 5.59. The summed E-state index contributed by atoms with van der Waals surface area (Å²) in [7, 11) is 0. The number of anilines is 1. The van der Waals surface area contributed by atoms with Crippen molar-refractivity contribution in [2.75, 3.05) is 11.9 Å². The minimum atomic E-state index is 0.666. The molecule has 1 aliphatic heterocycles. The van der Waals surface area contributed by atoms with Crippen LogP contribution in [0.15, 0.2) is 5.03 Å². The lowest BCUT2D eigenvalue weighted by atomic mass is 10.1. The van der Waals surface area contributed by atoms with Crippen molar-refractivity contribution in [3.05, 3.63) is 5.69 Å². The van der Waals surface area contributed by atoms with Gasteiger partial charge in [-0.05, 0) is 19.8 Å². The van der Waals surface area contributed by atoms with Crippen LogP contribution >= 0.6 is 11.8 Å². The summed E-state index contributed by atoms with van der Waals surface area (Å²) in [6, 6.07) is 0. The zero-order chi connectivity index (χ0) is 11.0. The molecule has 0 amide bonds. The summed E-state index contributed by atoms with van der Waals surface area (Å²) in [5.74, 6) is 0.705. The molecule has 0 aliphatic carbocycles. The summed E-state index contributed by atoms with van der Waals surface area (Å²) in [4.78, 5) is 0. The van der Waals surface area contributed by atoms with E-state index < -0.39 is 0 Å². The lowest BCUT2D eigenvalue weighted by Gasteiger charge is -2.26. The van der Waals surface area contributed by atoms with E-state index in [1.54, 1.807) is 0 Å². The van der Waals surface area contributed by atoms with Crippen molar-refractivity contribution in [1.29, 1.82) is 0 Å². The van der Waals surface area contributed by atoms with Crippen molar-refractivity contribution in [2.45, 2.75) is 44.5 Å². The molecule has 15 heavy (non-hydrogen) atoms. The molecule has 0 spiro atoms. The Kier molecular flexibility index (Phi) is 2.96. The molecule has 1 unspecified atom stereocenters. The van der Waals surface area contributed by atoms with E-state index in [1.165, 1.54) is 10.7 Å². The first-order valence-corrected chi connectivity index (χ1v) is 6.49. The van der Waals surface area contributed by atoms with E-state index in [0.29, 0.717) is 11.2 Å². The first-order chi connectivity index (χ1) is 7.13. The number of hydrogen-bond donors (Lipinski definition) is 1. The minimum Gasteiger partial charge on any atom is -0.380 e. The number of nitrogens with one attached hydrogen (secondary N) is 1. The smallest absolute Gasteiger partial charge is 0.118 e. The minimum absolute atomic E-state index is 0.666. The van der Waals surface area contributed by atoms with Gasteiger partial charge in [0.15, 0.2) is 0 Å². The number of aryl methyl sites for hydroxylation is 2. The lowest BCUT2D eigenvalue weighted by Crippen LogP contribution is -2.26. The molecule has 1 N–H and O–H groups in total. The number of rotatable bonds is 2. The zero-order valence-electron chi connectivity index (χ0n) is 9.87. The molecule has 1 aromatic rings. The van der Waals surface area contributed by atoms with Crippen molar-refractivity contribution in [3.8, 4) is 0 Å². The predicted octanol–water partition coefficient (Wildman–Crippen LogP) is 2.75. The lowest BCUT2D eigenvalue weighted by molar-refractivity contribution is 0.584. The van der Waals surface area contributed by atoms with Crippen LogP contribution in [0, 0.1) is 12.8 Å². The first-order valence-electron chi connectivity index (χ1n) is 5.61. The Hall–Kier alpha value is -0.640. The molecule has 0 radical (unpaired) electrons. The van der Waals surface area contributed by atoms with Gasteiger partial charge in [0.25, 0.3) is 0 Å². The summed E-state index contributed by atoms with van der Waals surface area (Å²) in [5.41, 5.74) is 2.38. The molecule has 1 aliphatic rings. The highest BCUT2D eigenvalue weighted by Crippen LogP contribution is 2.39. The molecule has 2 rings (SSSR count). The van der Waals surface area contributed by atoms with E-state index in [2.05, 4.69) is 42.8 Å². The molecular weight excluding hydrogens is 206 g/mol. The van der Waals surface area contributed by atoms with Gasteiger partial charge >= 0.3 is 0 Å². The van der Waals surface area contributed by atoms with Crippen molar-refractivity contribution in [3.63, 3.8) is 0 Å². The van der Waals surface area contributed by atoms with Gasteiger partial charge in [-0.15, -0.1) is 0 Å². The highest BCUT2D eigenvalue weighted by molar-refractivity contribution is 8.00. The molecule has 0 saturated carbocycles. The Labute approximate surface area is 95.6 Å². The van der Waals surface area contributed by atoms with Crippen LogP contribution in [0.4, 0.5) is 5.69 Å². The summed E-state index contributed by atoms with van der Waals surface area (Å²) in [5, 5.41) is 10.0. The maximum Gasteiger partial charge on any atom is 0.118 e. The number of fused-ring (bicyclic) bond motifs is 1. The third-order valence-corrected chi connectivity index (χ3v) is 4.52. The zero-order valence-corrected chi connectivity index (χ0v) is 10.7. The van der Waals surface area contributed by atoms with Crippen LogP contribution in [0.3, 0.4) is 0 Å². The van der Waals surface area contributed by atoms with E-state index in [-0.39, 0.29) is 0 Å². The SMILES string of the molecule is CCn1nc(C)c2c1SC(C(C)C)CN2. The monoisotopic (exact) mass is 225 g/mol. The van der Waals surface area contributed by atoms with E-state index in [9.17, 15) is 0 Å². The van der Waals surface area contributed by atoms with E-state index in [4.69, 9.17) is 0 Å². The molecule has 84 valence electrons. The second kappa shape index (κ2) is 4.08. The maximum absolute atomic E-state index is 4.54. The molecule has 1 aromatic heterocycles. The van der Waals surface area contributed by atoms with Gasteiger partial charge in [0.1, 0.15) is 5.03 Å². The van der Waals surface area contributed by atoms with Crippen LogP contribution < -0.4 is 5.32 Å². The molecular formula is C11H19N3S. The summed E-state index contributed by atoms with van der Waals surface area (Å²) >= 11 is 1.98. The van der Waals surface area contributed by atoms with E-state index in [1.807, 2.05) is 11.8 Å².